The Morgan fingerprint density at radius 3 is 2.54 bits per heavy atom. The van der Waals surface area contributed by atoms with Crippen LogP contribution >= 0.6 is 11.8 Å². The van der Waals surface area contributed by atoms with E-state index in [-0.39, 0.29) is 17.5 Å². The number of hydrogen-bond acceptors (Lipinski definition) is 3. The molecule has 1 saturated carbocycles. The first-order valence-corrected chi connectivity index (χ1v) is 9.48. The highest BCUT2D eigenvalue weighted by atomic mass is 32.2. The first-order valence-electron chi connectivity index (χ1n) is 8.33. The quantitative estimate of drug-likeness (QED) is 0.797. The Labute approximate surface area is 152 Å². The highest BCUT2D eigenvalue weighted by Crippen LogP contribution is 2.34. The van der Waals surface area contributed by atoms with E-state index in [0.717, 1.165) is 31.7 Å². The van der Waals surface area contributed by atoms with Crippen molar-refractivity contribution < 1.29 is 27.2 Å². The van der Waals surface area contributed by atoms with Crippen molar-refractivity contribution in [1.29, 1.82) is 0 Å². The molecule has 0 bridgehead atoms. The molecule has 142 valence electrons. The van der Waals surface area contributed by atoms with Gasteiger partial charge in [-0.25, -0.2) is 4.39 Å². The Morgan fingerprint density at radius 1 is 1.19 bits per heavy atom. The van der Waals surface area contributed by atoms with Crippen molar-refractivity contribution in [2.45, 2.75) is 37.9 Å². The van der Waals surface area contributed by atoms with Gasteiger partial charge in [-0.2, -0.15) is 13.2 Å². The molecular weight excluding hydrogens is 372 g/mol. The molecule has 1 aromatic carbocycles. The standard InChI is InChI=1S/C17H18F4N2O2S/c18-13-6-5-11(7-12(13)17(19,20)21)22-15(24)14-8-26-9-23(14)16(25)10-3-1-2-4-10/h5-7,10,14H,1-4,8-9H2,(H,22,24). The molecule has 26 heavy (non-hydrogen) atoms. The molecule has 1 aliphatic carbocycles. The number of benzene rings is 1. The molecule has 1 atom stereocenters. The third-order valence-corrected chi connectivity index (χ3v) is 5.72. The van der Waals surface area contributed by atoms with Gasteiger partial charge in [-0.15, -0.1) is 11.8 Å². The number of nitrogens with zero attached hydrogens (tertiary/aromatic N) is 1. The fourth-order valence-electron chi connectivity index (χ4n) is 3.33. The minimum Gasteiger partial charge on any atom is -0.324 e. The van der Waals surface area contributed by atoms with Crippen LogP contribution in [0.25, 0.3) is 0 Å². The second-order valence-electron chi connectivity index (χ2n) is 6.49. The number of alkyl halides is 3. The van der Waals surface area contributed by atoms with Crippen LogP contribution in [0.2, 0.25) is 0 Å². The highest BCUT2D eigenvalue weighted by molar-refractivity contribution is 7.99. The van der Waals surface area contributed by atoms with E-state index in [0.29, 0.717) is 23.8 Å². The molecule has 4 nitrogen and oxygen atoms in total. The average molecular weight is 390 g/mol. The topological polar surface area (TPSA) is 49.4 Å². The van der Waals surface area contributed by atoms with Gasteiger partial charge in [0.25, 0.3) is 0 Å². The van der Waals surface area contributed by atoms with Crippen LogP contribution in [-0.2, 0) is 15.8 Å². The Hall–Kier alpha value is -1.77. The molecule has 0 spiro atoms. The van der Waals surface area contributed by atoms with Gasteiger partial charge in [0.15, 0.2) is 0 Å². The lowest BCUT2D eigenvalue weighted by atomic mass is 10.1. The Balaban J connectivity index is 1.72. The summed E-state index contributed by atoms with van der Waals surface area (Å²) < 4.78 is 51.8. The van der Waals surface area contributed by atoms with Crippen LogP contribution in [0.3, 0.4) is 0 Å². The monoisotopic (exact) mass is 390 g/mol. The van der Waals surface area contributed by atoms with Crippen LogP contribution in [0.5, 0.6) is 0 Å². The summed E-state index contributed by atoms with van der Waals surface area (Å²) in [5.74, 6) is -1.32. The molecule has 1 N–H and O–H groups in total. The zero-order valence-corrected chi connectivity index (χ0v) is 14.6. The maximum absolute atomic E-state index is 13.4. The fraction of sp³-hybridized carbons (Fsp3) is 0.529. The summed E-state index contributed by atoms with van der Waals surface area (Å²) in [7, 11) is 0. The Kier molecular flexibility index (Phi) is 5.45. The van der Waals surface area contributed by atoms with Crippen LogP contribution in [0.1, 0.15) is 31.2 Å². The summed E-state index contributed by atoms with van der Waals surface area (Å²) in [6.45, 7) is 0. The molecule has 1 aliphatic heterocycles. The zero-order chi connectivity index (χ0) is 18.9. The smallest absolute Gasteiger partial charge is 0.324 e. The highest BCUT2D eigenvalue weighted by Gasteiger charge is 2.39. The van der Waals surface area contributed by atoms with E-state index in [1.807, 2.05) is 0 Å². The van der Waals surface area contributed by atoms with Crippen molar-refractivity contribution in [3.05, 3.63) is 29.6 Å². The summed E-state index contributed by atoms with van der Waals surface area (Å²) in [6.07, 6.45) is -1.25. The predicted octanol–water partition coefficient (Wildman–Crippen LogP) is 3.87. The van der Waals surface area contributed by atoms with Crippen LogP contribution < -0.4 is 5.32 Å². The first-order chi connectivity index (χ1) is 12.3. The van der Waals surface area contributed by atoms with Crippen LogP contribution in [0.15, 0.2) is 18.2 Å². The lowest BCUT2D eigenvalue weighted by Gasteiger charge is -2.26. The van der Waals surface area contributed by atoms with Gasteiger partial charge in [-0.1, -0.05) is 12.8 Å². The number of hydrogen-bond donors (Lipinski definition) is 1. The molecule has 9 heteroatoms. The van der Waals surface area contributed by atoms with E-state index >= 15 is 0 Å². The molecule has 3 rings (SSSR count). The van der Waals surface area contributed by atoms with Crippen LogP contribution in [0.4, 0.5) is 23.2 Å². The molecule has 2 aliphatic rings. The number of anilines is 1. The van der Waals surface area contributed by atoms with Gasteiger partial charge in [-0.3, -0.25) is 9.59 Å². The number of nitrogens with one attached hydrogen (secondary N) is 1. The van der Waals surface area contributed by atoms with E-state index < -0.39 is 29.5 Å². The van der Waals surface area contributed by atoms with Crippen molar-refractivity contribution in [2.24, 2.45) is 5.92 Å². The summed E-state index contributed by atoms with van der Waals surface area (Å²) in [5.41, 5.74) is -1.58. The van der Waals surface area contributed by atoms with Gasteiger partial charge < -0.3 is 10.2 Å². The summed E-state index contributed by atoms with van der Waals surface area (Å²) in [5, 5.41) is 2.39. The Bertz CT molecular complexity index is 704. The number of halogens is 4. The summed E-state index contributed by atoms with van der Waals surface area (Å²) in [6, 6.07) is 1.59. The van der Waals surface area contributed by atoms with Gasteiger partial charge in [0.05, 0.1) is 11.4 Å². The molecule has 1 saturated heterocycles. The van der Waals surface area contributed by atoms with E-state index in [4.69, 9.17) is 0 Å². The van der Waals surface area contributed by atoms with Gasteiger partial charge in [0, 0.05) is 17.4 Å². The SMILES string of the molecule is O=C(Nc1ccc(F)c(C(F)(F)F)c1)C1CSCN1C(=O)C1CCCC1. The van der Waals surface area contributed by atoms with Gasteiger partial charge in [0.1, 0.15) is 11.9 Å². The summed E-state index contributed by atoms with van der Waals surface area (Å²) in [4.78, 5) is 26.6. The predicted molar refractivity (Wildman–Crippen MR) is 89.9 cm³/mol. The maximum atomic E-state index is 13.4. The largest absolute Gasteiger partial charge is 0.419 e. The number of rotatable bonds is 3. The third kappa shape index (κ3) is 3.97. The van der Waals surface area contributed by atoms with Gasteiger partial charge in [0.2, 0.25) is 11.8 Å². The van der Waals surface area contributed by atoms with Gasteiger partial charge >= 0.3 is 6.18 Å². The van der Waals surface area contributed by atoms with Crippen LogP contribution in [-0.4, -0.2) is 34.4 Å². The molecule has 0 aromatic heterocycles. The van der Waals surface area contributed by atoms with Crippen molar-refractivity contribution in [2.75, 3.05) is 16.9 Å². The minimum absolute atomic E-state index is 0.0669. The van der Waals surface area contributed by atoms with E-state index in [9.17, 15) is 27.2 Å². The molecule has 1 aromatic rings. The number of amides is 2. The second kappa shape index (κ2) is 7.46. The van der Waals surface area contributed by atoms with Crippen molar-refractivity contribution in [3.8, 4) is 0 Å². The number of carbonyl (C=O) groups excluding carboxylic acids is 2. The normalized spacial score (nSPS) is 21.2. The fourth-order valence-corrected chi connectivity index (χ4v) is 4.49. The molecule has 1 unspecified atom stereocenters. The lowest BCUT2D eigenvalue weighted by molar-refractivity contribution is -0.140. The number of carbonyl (C=O) groups is 2. The average Bonchev–Trinajstić information content (AvgIpc) is 3.26. The van der Waals surface area contributed by atoms with E-state index in [1.54, 1.807) is 0 Å². The van der Waals surface area contributed by atoms with Crippen LogP contribution in [0, 0.1) is 11.7 Å². The summed E-state index contributed by atoms with van der Waals surface area (Å²) >= 11 is 1.43. The Morgan fingerprint density at radius 2 is 1.88 bits per heavy atom. The van der Waals surface area contributed by atoms with Crippen molar-refractivity contribution in [3.63, 3.8) is 0 Å². The molecular formula is C17H18F4N2O2S. The molecule has 0 radical (unpaired) electrons. The molecule has 1 heterocycles. The first kappa shape index (κ1) is 19.0. The third-order valence-electron chi connectivity index (χ3n) is 4.71. The lowest BCUT2D eigenvalue weighted by Crippen LogP contribution is -2.46. The minimum atomic E-state index is -4.85. The number of thioether (sulfide) groups is 1. The maximum Gasteiger partial charge on any atom is 0.419 e. The van der Waals surface area contributed by atoms with Gasteiger partial charge in [-0.05, 0) is 31.0 Å². The zero-order valence-electron chi connectivity index (χ0n) is 13.8. The molecule has 2 fully saturated rings. The van der Waals surface area contributed by atoms with Crippen molar-refractivity contribution >= 4 is 29.3 Å². The van der Waals surface area contributed by atoms with E-state index in [2.05, 4.69) is 5.32 Å². The van der Waals surface area contributed by atoms with Crippen molar-refractivity contribution in [1.82, 2.24) is 4.90 Å². The second-order valence-corrected chi connectivity index (χ2v) is 7.49. The van der Waals surface area contributed by atoms with E-state index in [1.165, 1.54) is 16.7 Å². The molecule has 2 amide bonds.